The molecule has 0 aliphatic heterocycles. The van der Waals surface area contributed by atoms with E-state index in [1.54, 1.807) is 6.92 Å². The minimum absolute atomic E-state index is 0.342. The van der Waals surface area contributed by atoms with E-state index < -0.39 is 15.3 Å². The van der Waals surface area contributed by atoms with Crippen molar-refractivity contribution in [2.24, 2.45) is 5.92 Å². The molecule has 0 aromatic rings. The molecule has 0 heterocycles. The monoisotopic (exact) mass is 258 g/mol. The molecule has 1 aliphatic carbocycles. The average Bonchev–Trinajstić information content (AvgIpc) is 2.78. The van der Waals surface area contributed by atoms with Crippen LogP contribution in [0.5, 0.6) is 0 Å². The Balaban J connectivity index is 2.23. The topological polar surface area (TPSA) is 70.0 Å². The normalized spacial score (nSPS) is 19.1. The number of sulfonamides is 1. The van der Waals surface area contributed by atoms with Crippen molar-refractivity contribution in [3.05, 3.63) is 0 Å². The molecule has 1 unspecified atom stereocenters. The summed E-state index contributed by atoms with van der Waals surface area (Å²) >= 11 is 0. The minimum atomic E-state index is -3.43. The molecule has 98 valence electrons. The van der Waals surface area contributed by atoms with Crippen molar-refractivity contribution < 1.29 is 8.42 Å². The molecule has 1 rings (SSSR count). The summed E-state index contributed by atoms with van der Waals surface area (Å²) in [5.74, 6) is 0.789. The maximum absolute atomic E-state index is 11.7. The molecule has 5 heteroatoms. The predicted octanol–water partition coefficient (Wildman–Crippen LogP) is 2.18. The van der Waals surface area contributed by atoms with E-state index in [9.17, 15) is 8.42 Å². The molecule has 0 radical (unpaired) electrons. The first-order valence-electron chi connectivity index (χ1n) is 6.48. The quantitative estimate of drug-likeness (QED) is 0.711. The van der Waals surface area contributed by atoms with Gasteiger partial charge in [0.05, 0.1) is 6.07 Å². The van der Waals surface area contributed by atoms with Gasteiger partial charge in [0.1, 0.15) is 0 Å². The lowest BCUT2D eigenvalue weighted by molar-refractivity contribution is 0.480. The molecule has 1 N–H and O–H groups in total. The van der Waals surface area contributed by atoms with Gasteiger partial charge >= 0.3 is 0 Å². The molecule has 1 aliphatic rings. The van der Waals surface area contributed by atoms with Gasteiger partial charge < -0.3 is 0 Å². The van der Waals surface area contributed by atoms with Crippen LogP contribution in [-0.2, 0) is 10.0 Å². The maximum Gasteiger partial charge on any atom is 0.227 e. The summed E-state index contributed by atoms with van der Waals surface area (Å²) in [6.07, 6.45) is 7.56. The summed E-state index contributed by atoms with van der Waals surface area (Å²) < 4.78 is 25.8. The van der Waals surface area contributed by atoms with Crippen molar-refractivity contribution in [2.75, 3.05) is 6.54 Å². The van der Waals surface area contributed by atoms with E-state index in [4.69, 9.17) is 5.26 Å². The highest BCUT2D eigenvalue weighted by atomic mass is 32.2. The molecule has 0 spiro atoms. The molecule has 1 saturated carbocycles. The van der Waals surface area contributed by atoms with E-state index >= 15 is 0 Å². The van der Waals surface area contributed by atoms with Gasteiger partial charge in [0.15, 0.2) is 5.25 Å². The minimum Gasteiger partial charge on any atom is -0.214 e. The summed E-state index contributed by atoms with van der Waals surface area (Å²) in [7, 11) is -3.43. The predicted molar refractivity (Wildman–Crippen MR) is 67.8 cm³/mol. The Morgan fingerprint density at radius 1 is 1.41 bits per heavy atom. The summed E-state index contributed by atoms with van der Waals surface area (Å²) in [6, 6.07) is 1.82. The maximum atomic E-state index is 11.7. The van der Waals surface area contributed by atoms with Crippen LogP contribution in [0.1, 0.15) is 51.9 Å². The first-order valence-corrected chi connectivity index (χ1v) is 8.03. The molecule has 0 bridgehead atoms. The second-order valence-electron chi connectivity index (χ2n) is 4.76. The van der Waals surface area contributed by atoms with Crippen molar-refractivity contribution in [1.29, 1.82) is 5.26 Å². The molecule has 17 heavy (non-hydrogen) atoms. The second-order valence-corrected chi connectivity index (χ2v) is 6.71. The van der Waals surface area contributed by atoms with Crippen LogP contribution in [0, 0.1) is 17.2 Å². The number of nitrogens with zero attached hydrogens (tertiary/aromatic N) is 1. The second kappa shape index (κ2) is 6.97. The fourth-order valence-corrected chi connectivity index (χ4v) is 3.59. The Morgan fingerprint density at radius 3 is 2.59 bits per heavy atom. The van der Waals surface area contributed by atoms with Crippen LogP contribution in [0.2, 0.25) is 0 Å². The fraction of sp³-hybridized carbons (Fsp3) is 0.917. The number of hydrogen-bond donors (Lipinski definition) is 1. The third kappa shape index (κ3) is 4.64. The molecule has 0 aromatic carbocycles. The molecule has 4 nitrogen and oxygen atoms in total. The van der Waals surface area contributed by atoms with Crippen LogP contribution in [-0.4, -0.2) is 20.2 Å². The first kappa shape index (κ1) is 14.5. The van der Waals surface area contributed by atoms with Crippen molar-refractivity contribution in [3.63, 3.8) is 0 Å². The smallest absolute Gasteiger partial charge is 0.214 e. The van der Waals surface area contributed by atoms with E-state index in [2.05, 4.69) is 4.72 Å². The van der Waals surface area contributed by atoms with E-state index in [0.29, 0.717) is 13.0 Å². The Bertz CT molecular complexity index is 353. The fourth-order valence-electron chi connectivity index (χ4n) is 2.38. The van der Waals surface area contributed by atoms with Gasteiger partial charge in [-0.25, -0.2) is 13.1 Å². The van der Waals surface area contributed by atoms with Crippen LogP contribution in [0.4, 0.5) is 0 Å². The van der Waals surface area contributed by atoms with Gasteiger partial charge in [-0.15, -0.1) is 0 Å². The summed E-state index contributed by atoms with van der Waals surface area (Å²) in [5, 5.41) is 7.81. The zero-order chi connectivity index (χ0) is 12.7. The molecule has 1 fully saturated rings. The van der Waals surface area contributed by atoms with E-state index in [0.717, 1.165) is 18.8 Å². The van der Waals surface area contributed by atoms with Gasteiger partial charge in [0.2, 0.25) is 10.0 Å². The Kier molecular flexibility index (Phi) is 5.93. The SMILES string of the molecule is CCC(C#N)S(=O)(=O)NCCCC1CCCC1. The van der Waals surface area contributed by atoms with Crippen LogP contribution >= 0.6 is 0 Å². The molecule has 0 amide bonds. The lowest BCUT2D eigenvalue weighted by atomic mass is 10.0. The lowest BCUT2D eigenvalue weighted by Gasteiger charge is -2.11. The van der Waals surface area contributed by atoms with E-state index in [-0.39, 0.29) is 0 Å². The summed E-state index contributed by atoms with van der Waals surface area (Å²) in [6.45, 7) is 2.18. The average molecular weight is 258 g/mol. The highest BCUT2D eigenvalue weighted by Crippen LogP contribution is 2.28. The third-order valence-electron chi connectivity index (χ3n) is 3.46. The van der Waals surface area contributed by atoms with Gasteiger partial charge in [-0.1, -0.05) is 32.6 Å². The lowest BCUT2D eigenvalue weighted by Crippen LogP contribution is -2.33. The highest BCUT2D eigenvalue weighted by Gasteiger charge is 2.22. The van der Waals surface area contributed by atoms with Gasteiger partial charge in [-0.05, 0) is 25.2 Å². The zero-order valence-electron chi connectivity index (χ0n) is 10.5. The van der Waals surface area contributed by atoms with Crippen LogP contribution in [0.25, 0.3) is 0 Å². The van der Waals surface area contributed by atoms with Crippen LogP contribution in [0.15, 0.2) is 0 Å². The standard InChI is InChI=1S/C12H22N2O2S/c1-2-12(10-13)17(15,16)14-9-5-8-11-6-3-4-7-11/h11-12,14H,2-9H2,1H3. The summed E-state index contributed by atoms with van der Waals surface area (Å²) in [4.78, 5) is 0. The van der Waals surface area contributed by atoms with Crippen LogP contribution in [0.3, 0.4) is 0 Å². The molecule has 1 atom stereocenters. The van der Waals surface area contributed by atoms with Crippen LogP contribution < -0.4 is 4.72 Å². The van der Waals surface area contributed by atoms with Crippen molar-refractivity contribution >= 4 is 10.0 Å². The van der Waals surface area contributed by atoms with Crippen molar-refractivity contribution in [2.45, 2.75) is 57.1 Å². The van der Waals surface area contributed by atoms with Crippen molar-refractivity contribution in [3.8, 4) is 6.07 Å². The van der Waals surface area contributed by atoms with Gasteiger partial charge in [0, 0.05) is 6.54 Å². The van der Waals surface area contributed by atoms with Crippen molar-refractivity contribution in [1.82, 2.24) is 4.72 Å². The number of rotatable bonds is 7. The van der Waals surface area contributed by atoms with Gasteiger partial charge in [-0.3, -0.25) is 0 Å². The Labute approximate surface area is 104 Å². The highest BCUT2D eigenvalue weighted by molar-refractivity contribution is 7.90. The molecule has 0 saturated heterocycles. The van der Waals surface area contributed by atoms with E-state index in [1.165, 1.54) is 25.7 Å². The Morgan fingerprint density at radius 2 is 2.06 bits per heavy atom. The third-order valence-corrected chi connectivity index (χ3v) is 5.25. The van der Waals surface area contributed by atoms with Gasteiger partial charge in [0.25, 0.3) is 0 Å². The Hall–Kier alpha value is -0.600. The number of hydrogen-bond acceptors (Lipinski definition) is 3. The van der Waals surface area contributed by atoms with Gasteiger partial charge in [-0.2, -0.15) is 5.26 Å². The molecular weight excluding hydrogens is 236 g/mol. The largest absolute Gasteiger partial charge is 0.227 e. The number of nitriles is 1. The molecular formula is C12H22N2O2S. The first-order chi connectivity index (χ1) is 8.10. The summed E-state index contributed by atoms with van der Waals surface area (Å²) in [5.41, 5.74) is 0. The van der Waals surface area contributed by atoms with E-state index in [1.807, 2.05) is 6.07 Å². The molecule has 0 aromatic heterocycles. The zero-order valence-corrected chi connectivity index (χ0v) is 11.3. The number of nitrogens with one attached hydrogen (secondary N) is 1.